The maximum Gasteiger partial charge on any atom is 0.156 e. The van der Waals surface area contributed by atoms with Crippen molar-refractivity contribution < 1.29 is 4.74 Å². The number of hydrogen-bond acceptors (Lipinski definition) is 6. The standard InChI is InChI=1S/C19H23ClN6O/c1-26-16-5-3-4-13(20)19(16)15(25-26)9-22-17-8-14(11-6-12(21)7-11)23-18(24-17)10-27-2/h3-5,8,11-12H,6-7,9-10,21H2,1-2H3,(H,22,23,24). The number of halogens is 1. The molecule has 2 aromatic heterocycles. The van der Waals surface area contributed by atoms with Gasteiger partial charge in [-0.05, 0) is 25.0 Å². The third-order valence-electron chi connectivity index (χ3n) is 5.00. The van der Waals surface area contributed by atoms with Crippen LogP contribution in [0, 0.1) is 0 Å². The van der Waals surface area contributed by atoms with Crippen LogP contribution in [0.1, 0.15) is 36.0 Å². The quantitative estimate of drug-likeness (QED) is 0.676. The van der Waals surface area contributed by atoms with Gasteiger partial charge in [-0.2, -0.15) is 5.10 Å². The summed E-state index contributed by atoms with van der Waals surface area (Å²) in [6, 6.07) is 8.10. The van der Waals surface area contributed by atoms with E-state index in [2.05, 4.69) is 20.4 Å². The fourth-order valence-electron chi connectivity index (χ4n) is 3.57. The lowest BCUT2D eigenvalue weighted by Crippen LogP contribution is -2.35. The van der Waals surface area contributed by atoms with Crippen LogP contribution >= 0.6 is 11.6 Å². The topological polar surface area (TPSA) is 90.9 Å². The van der Waals surface area contributed by atoms with Gasteiger partial charge in [-0.3, -0.25) is 4.68 Å². The van der Waals surface area contributed by atoms with Crippen LogP contribution in [0.4, 0.5) is 5.82 Å². The number of nitrogens with one attached hydrogen (secondary N) is 1. The highest BCUT2D eigenvalue weighted by Gasteiger charge is 2.29. The van der Waals surface area contributed by atoms with Crippen LogP contribution in [-0.2, 0) is 24.9 Å². The first kappa shape index (κ1) is 18.2. The molecule has 142 valence electrons. The first-order valence-corrected chi connectivity index (χ1v) is 9.39. The lowest BCUT2D eigenvalue weighted by atomic mass is 9.78. The van der Waals surface area contributed by atoms with Crippen LogP contribution in [0.2, 0.25) is 5.02 Å². The predicted octanol–water partition coefficient (Wildman–Crippen LogP) is 2.98. The molecule has 1 aliphatic rings. The van der Waals surface area contributed by atoms with E-state index in [0.29, 0.717) is 29.9 Å². The molecule has 8 heteroatoms. The summed E-state index contributed by atoms with van der Waals surface area (Å²) in [5.74, 6) is 1.82. The smallest absolute Gasteiger partial charge is 0.156 e. The Bertz CT molecular complexity index is 966. The highest BCUT2D eigenvalue weighted by atomic mass is 35.5. The summed E-state index contributed by atoms with van der Waals surface area (Å²) in [7, 11) is 3.56. The maximum absolute atomic E-state index is 6.40. The molecule has 0 saturated heterocycles. The van der Waals surface area contributed by atoms with Crippen molar-refractivity contribution in [2.24, 2.45) is 12.8 Å². The first-order valence-electron chi connectivity index (χ1n) is 9.01. The molecule has 3 N–H and O–H groups in total. The molecule has 0 radical (unpaired) electrons. The van der Waals surface area contributed by atoms with Gasteiger partial charge in [-0.1, -0.05) is 17.7 Å². The summed E-state index contributed by atoms with van der Waals surface area (Å²) in [4.78, 5) is 9.19. The average molecular weight is 387 g/mol. The predicted molar refractivity (Wildman–Crippen MR) is 106 cm³/mol. The third-order valence-corrected chi connectivity index (χ3v) is 5.31. The molecule has 0 bridgehead atoms. The van der Waals surface area contributed by atoms with Crippen molar-refractivity contribution in [1.82, 2.24) is 19.7 Å². The molecule has 3 aromatic rings. The molecule has 1 fully saturated rings. The van der Waals surface area contributed by atoms with Crippen molar-refractivity contribution in [3.63, 3.8) is 0 Å². The maximum atomic E-state index is 6.40. The number of nitrogens with zero attached hydrogens (tertiary/aromatic N) is 4. The monoisotopic (exact) mass is 386 g/mol. The number of nitrogens with two attached hydrogens (primary N) is 1. The molecule has 0 spiro atoms. The van der Waals surface area contributed by atoms with E-state index in [1.165, 1.54) is 0 Å². The molecule has 1 saturated carbocycles. The Morgan fingerprint density at radius 2 is 2.15 bits per heavy atom. The molecule has 0 unspecified atom stereocenters. The number of anilines is 1. The number of fused-ring (bicyclic) bond motifs is 1. The molecule has 1 aromatic carbocycles. The van der Waals surface area contributed by atoms with Gasteiger partial charge in [0.15, 0.2) is 5.82 Å². The van der Waals surface area contributed by atoms with Crippen molar-refractivity contribution in [3.05, 3.63) is 46.5 Å². The Morgan fingerprint density at radius 3 is 2.89 bits per heavy atom. The molecule has 0 atom stereocenters. The molecule has 0 aliphatic heterocycles. The molecule has 4 rings (SSSR count). The normalized spacial score (nSPS) is 19.3. The molecule has 0 amide bonds. The largest absolute Gasteiger partial charge is 0.377 e. The highest BCUT2D eigenvalue weighted by Crippen LogP contribution is 2.35. The molecular weight excluding hydrogens is 364 g/mol. The summed E-state index contributed by atoms with van der Waals surface area (Å²) in [6.45, 7) is 0.897. The summed E-state index contributed by atoms with van der Waals surface area (Å²) in [5, 5.41) is 9.64. The van der Waals surface area contributed by atoms with Gasteiger partial charge < -0.3 is 15.8 Å². The number of aromatic nitrogens is 4. The minimum Gasteiger partial charge on any atom is -0.377 e. The van der Waals surface area contributed by atoms with Gasteiger partial charge in [0.1, 0.15) is 12.4 Å². The van der Waals surface area contributed by atoms with Crippen molar-refractivity contribution in [3.8, 4) is 0 Å². The zero-order chi connectivity index (χ0) is 19.0. The first-order chi connectivity index (χ1) is 13.0. The van der Waals surface area contributed by atoms with Gasteiger partial charge in [-0.25, -0.2) is 9.97 Å². The number of ether oxygens (including phenoxy) is 1. The molecular formula is C19H23ClN6O. The van der Waals surface area contributed by atoms with Crippen LogP contribution in [0.25, 0.3) is 10.9 Å². The van der Waals surface area contributed by atoms with Gasteiger partial charge >= 0.3 is 0 Å². The van der Waals surface area contributed by atoms with E-state index in [-0.39, 0.29) is 6.04 Å². The lowest BCUT2D eigenvalue weighted by Gasteiger charge is -2.32. The second kappa shape index (κ2) is 7.42. The Labute approximate surface area is 162 Å². The Kier molecular flexibility index (Phi) is 4.99. The fourth-order valence-corrected chi connectivity index (χ4v) is 3.84. The number of hydrogen-bond donors (Lipinski definition) is 2. The Morgan fingerprint density at radius 1 is 1.33 bits per heavy atom. The zero-order valence-electron chi connectivity index (χ0n) is 15.4. The van der Waals surface area contributed by atoms with Crippen molar-refractivity contribution in [2.75, 3.05) is 12.4 Å². The molecule has 2 heterocycles. The SMILES string of the molecule is COCc1nc(NCc2nn(C)c3cccc(Cl)c23)cc(C2CC(N)C2)n1. The van der Waals surface area contributed by atoms with E-state index in [4.69, 9.17) is 22.1 Å². The van der Waals surface area contributed by atoms with Crippen molar-refractivity contribution >= 4 is 28.3 Å². The fraction of sp³-hybridized carbons (Fsp3) is 0.421. The average Bonchev–Trinajstić information content (AvgIpc) is 2.95. The van der Waals surface area contributed by atoms with E-state index in [1.54, 1.807) is 7.11 Å². The number of methoxy groups -OCH3 is 1. The number of rotatable bonds is 6. The van der Waals surface area contributed by atoms with Crippen molar-refractivity contribution in [1.29, 1.82) is 0 Å². The van der Waals surface area contributed by atoms with Crippen molar-refractivity contribution in [2.45, 2.75) is 38.0 Å². The van der Waals surface area contributed by atoms with E-state index in [0.717, 1.165) is 41.0 Å². The van der Waals surface area contributed by atoms with Gasteiger partial charge in [0.2, 0.25) is 0 Å². The lowest BCUT2D eigenvalue weighted by molar-refractivity contribution is 0.177. The van der Waals surface area contributed by atoms with Gasteiger partial charge in [0.05, 0.1) is 22.8 Å². The minimum atomic E-state index is 0.272. The van der Waals surface area contributed by atoms with Gasteiger partial charge in [-0.15, -0.1) is 0 Å². The molecule has 27 heavy (non-hydrogen) atoms. The summed E-state index contributed by atoms with van der Waals surface area (Å²) in [6.07, 6.45) is 1.92. The number of aryl methyl sites for hydroxylation is 1. The molecule has 1 aliphatic carbocycles. The van der Waals surface area contributed by atoms with Crippen LogP contribution < -0.4 is 11.1 Å². The van der Waals surface area contributed by atoms with Crippen LogP contribution in [0.5, 0.6) is 0 Å². The molecule has 7 nitrogen and oxygen atoms in total. The van der Waals surface area contributed by atoms with E-state index in [1.807, 2.05) is 36.0 Å². The van der Waals surface area contributed by atoms with E-state index >= 15 is 0 Å². The minimum absolute atomic E-state index is 0.272. The van der Waals surface area contributed by atoms with E-state index in [9.17, 15) is 0 Å². The van der Waals surface area contributed by atoms with Gasteiger partial charge in [0.25, 0.3) is 0 Å². The second-order valence-electron chi connectivity index (χ2n) is 7.01. The highest BCUT2D eigenvalue weighted by molar-refractivity contribution is 6.35. The van der Waals surface area contributed by atoms with Gasteiger partial charge in [0, 0.05) is 43.3 Å². The Balaban J connectivity index is 1.59. The van der Waals surface area contributed by atoms with E-state index < -0.39 is 0 Å². The zero-order valence-corrected chi connectivity index (χ0v) is 16.2. The van der Waals surface area contributed by atoms with Crippen LogP contribution in [0.15, 0.2) is 24.3 Å². The second-order valence-corrected chi connectivity index (χ2v) is 7.42. The number of benzene rings is 1. The van der Waals surface area contributed by atoms with Crippen LogP contribution in [0.3, 0.4) is 0 Å². The summed E-state index contributed by atoms with van der Waals surface area (Å²) < 4.78 is 7.06. The summed E-state index contributed by atoms with van der Waals surface area (Å²) in [5.41, 5.74) is 8.85. The third kappa shape index (κ3) is 3.63. The Hall–Kier alpha value is -2.22. The van der Waals surface area contributed by atoms with Crippen LogP contribution in [-0.4, -0.2) is 32.9 Å². The summed E-state index contributed by atoms with van der Waals surface area (Å²) >= 11 is 6.40.